The van der Waals surface area contributed by atoms with Gasteiger partial charge >= 0.3 is 5.97 Å². The molecule has 0 unspecified atom stereocenters. The van der Waals surface area contributed by atoms with Gasteiger partial charge in [-0.25, -0.2) is 4.79 Å². The van der Waals surface area contributed by atoms with E-state index in [1.165, 1.54) is 19.3 Å². The molecule has 0 spiro atoms. The Labute approximate surface area is 135 Å². The number of nitrogens with two attached hydrogens (primary N) is 1. The van der Waals surface area contributed by atoms with Crippen molar-refractivity contribution in [3.05, 3.63) is 29.0 Å². The summed E-state index contributed by atoms with van der Waals surface area (Å²) < 4.78 is 6.09. The van der Waals surface area contributed by atoms with Gasteiger partial charge in [-0.3, -0.25) is 4.98 Å². The molecule has 0 bridgehead atoms. The Morgan fingerprint density at radius 1 is 1.43 bits per heavy atom. The lowest BCUT2D eigenvalue weighted by atomic mass is 9.86. The molecule has 5 heteroatoms. The molecule has 0 aliphatic heterocycles. The number of nitrogen functional groups attached to an aromatic ring is 1. The first-order valence-electron chi connectivity index (χ1n) is 8.10. The van der Waals surface area contributed by atoms with E-state index in [0.29, 0.717) is 34.9 Å². The van der Waals surface area contributed by atoms with E-state index in [4.69, 9.17) is 10.5 Å². The van der Waals surface area contributed by atoms with Gasteiger partial charge in [-0.2, -0.15) is 0 Å². The lowest BCUT2D eigenvalue weighted by Gasteiger charge is -2.26. The van der Waals surface area contributed by atoms with Gasteiger partial charge in [-0.05, 0) is 43.7 Å². The van der Waals surface area contributed by atoms with E-state index in [-0.39, 0.29) is 11.3 Å². The molecule has 3 rings (SSSR count). The molecule has 0 atom stereocenters. The van der Waals surface area contributed by atoms with E-state index in [1.54, 1.807) is 6.92 Å². The Hall–Kier alpha value is -2.30. The second-order valence-corrected chi connectivity index (χ2v) is 6.20. The Morgan fingerprint density at radius 2 is 2.17 bits per heavy atom. The number of hydrogen-bond donors (Lipinski definition) is 2. The van der Waals surface area contributed by atoms with Crippen LogP contribution in [-0.2, 0) is 6.42 Å². The normalized spacial score (nSPS) is 14.7. The van der Waals surface area contributed by atoms with Gasteiger partial charge in [0.25, 0.3) is 0 Å². The van der Waals surface area contributed by atoms with Crippen LogP contribution >= 0.6 is 0 Å². The van der Waals surface area contributed by atoms with Crippen LogP contribution in [0.4, 0.5) is 5.69 Å². The fourth-order valence-electron chi connectivity index (χ4n) is 3.10. The zero-order valence-corrected chi connectivity index (χ0v) is 13.6. The minimum atomic E-state index is -1.05. The first kappa shape index (κ1) is 15.6. The Kier molecular flexibility index (Phi) is 4.11. The van der Waals surface area contributed by atoms with Crippen LogP contribution in [0.25, 0.3) is 10.9 Å². The Balaban J connectivity index is 2.16. The zero-order chi connectivity index (χ0) is 16.6. The van der Waals surface area contributed by atoms with E-state index >= 15 is 0 Å². The molecule has 1 aromatic carbocycles. The highest BCUT2D eigenvalue weighted by Crippen LogP contribution is 2.37. The van der Waals surface area contributed by atoms with Crippen LogP contribution < -0.4 is 10.5 Å². The quantitative estimate of drug-likeness (QED) is 0.881. The summed E-state index contributed by atoms with van der Waals surface area (Å²) in [5.41, 5.74) is 8.66. The summed E-state index contributed by atoms with van der Waals surface area (Å²) in [7, 11) is 0. The van der Waals surface area contributed by atoms with E-state index in [2.05, 4.69) is 4.98 Å². The summed E-state index contributed by atoms with van der Waals surface area (Å²) in [5, 5.41) is 10.1. The maximum Gasteiger partial charge on any atom is 0.339 e. The number of fused-ring (bicyclic) bond motifs is 1. The van der Waals surface area contributed by atoms with Crippen molar-refractivity contribution >= 4 is 22.6 Å². The lowest BCUT2D eigenvalue weighted by Crippen LogP contribution is -2.20. The maximum absolute atomic E-state index is 11.5. The molecule has 122 valence electrons. The first-order valence-corrected chi connectivity index (χ1v) is 8.10. The van der Waals surface area contributed by atoms with Gasteiger partial charge in [0.15, 0.2) is 0 Å². The van der Waals surface area contributed by atoms with E-state index in [9.17, 15) is 9.90 Å². The fourth-order valence-corrected chi connectivity index (χ4v) is 3.10. The Bertz CT molecular complexity index is 767. The van der Waals surface area contributed by atoms with Crippen molar-refractivity contribution in [1.82, 2.24) is 4.98 Å². The van der Waals surface area contributed by atoms with Crippen LogP contribution in [0.1, 0.15) is 47.8 Å². The SMILES string of the molecule is CCc1ccc2nc(C)c(C(=O)O)c(N)c2c1OCC1CCC1. The smallest absolute Gasteiger partial charge is 0.339 e. The molecule has 5 nitrogen and oxygen atoms in total. The molecule has 1 heterocycles. The van der Waals surface area contributed by atoms with E-state index in [1.807, 2.05) is 19.1 Å². The average molecular weight is 314 g/mol. The van der Waals surface area contributed by atoms with E-state index < -0.39 is 5.97 Å². The van der Waals surface area contributed by atoms with Gasteiger partial charge in [-0.1, -0.05) is 19.4 Å². The van der Waals surface area contributed by atoms with Gasteiger partial charge in [0.1, 0.15) is 11.3 Å². The van der Waals surface area contributed by atoms with Crippen LogP contribution in [0.15, 0.2) is 12.1 Å². The molecular formula is C18H22N2O3. The molecule has 0 saturated heterocycles. The van der Waals surface area contributed by atoms with Gasteiger partial charge in [0.05, 0.1) is 28.9 Å². The molecule has 1 aromatic heterocycles. The number of anilines is 1. The van der Waals surface area contributed by atoms with Gasteiger partial charge in [-0.15, -0.1) is 0 Å². The molecule has 1 fully saturated rings. The second-order valence-electron chi connectivity index (χ2n) is 6.20. The summed E-state index contributed by atoms with van der Waals surface area (Å²) in [6.07, 6.45) is 4.45. The topological polar surface area (TPSA) is 85.4 Å². The number of pyridine rings is 1. The van der Waals surface area contributed by atoms with Gasteiger partial charge < -0.3 is 15.6 Å². The highest BCUT2D eigenvalue weighted by Gasteiger charge is 2.23. The van der Waals surface area contributed by atoms with Crippen molar-refractivity contribution < 1.29 is 14.6 Å². The minimum absolute atomic E-state index is 0.0687. The molecular weight excluding hydrogens is 292 g/mol. The summed E-state index contributed by atoms with van der Waals surface area (Å²) in [6, 6.07) is 3.88. The predicted molar refractivity (Wildman–Crippen MR) is 90.1 cm³/mol. The third-order valence-corrected chi connectivity index (χ3v) is 4.69. The van der Waals surface area contributed by atoms with Crippen LogP contribution in [0.5, 0.6) is 5.75 Å². The number of carbonyl (C=O) groups is 1. The summed E-state index contributed by atoms with van der Waals surface area (Å²) in [5.74, 6) is 0.235. The molecule has 1 aliphatic carbocycles. The number of aromatic nitrogens is 1. The number of aryl methyl sites for hydroxylation is 2. The number of nitrogens with zero attached hydrogens (tertiary/aromatic N) is 1. The van der Waals surface area contributed by atoms with Crippen LogP contribution in [0, 0.1) is 12.8 Å². The molecule has 3 N–H and O–H groups in total. The summed E-state index contributed by atoms with van der Waals surface area (Å²) >= 11 is 0. The fraction of sp³-hybridized carbons (Fsp3) is 0.444. The first-order chi connectivity index (χ1) is 11.0. The van der Waals surface area contributed by atoms with Crippen molar-refractivity contribution in [3.8, 4) is 5.75 Å². The van der Waals surface area contributed by atoms with Crippen molar-refractivity contribution in [2.24, 2.45) is 5.92 Å². The molecule has 0 radical (unpaired) electrons. The number of aromatic carboxylic acids is 1. The van der Waals surface area contributed by atoms with E-state index in [0.717, 1.165) is 12.0 Å². The highest BCUT2D eigenvalue weighted by atomic mass is 16.5. The number of carboxylic acids is 1. The van der Waals surface area contributed by atoms with Gasteiger partial charge in [0, 0.05) is 0 Å². The molecule has 1 saturated carbocycles. The number of rotatable bonds is 5. The molecule has 23 heavy (non-hydrogen) atoms. The van der Waals surface area contributed by atoms with Crippen molar-refractivity contribution in [3.63, 3.8) is 0 Å². The highest BCUT2D eigenvalue weighted by molar-refractivity contribution is 6.07. The third kappa shape index (κ3) is 2.71. The van der Waals surface area contributed by atoms with Crippen LogP contribution in [0.2, 0.25) is 0 Å². The largest absolute Gasteiger partial charge is 0.492 e. The number of benzene rings is 1. The van der Waals surface area contributed by atoms with Crippen molar-refractivity contribution in [1.29, 1.82) is 0 Å². The minimum Gasteiger partial charge on any atom is -0.492 e. The third-order valence-electron chi connectivity index (χ3n) is 4.69. The number of carboxylic acid groups (broad SMARTS) is 1. The molecule has 1 aliphatic rings. The van der Waals surface area contributed by atoms with Crippen LogP contribution in [-0.4, -0.2) is 22.7 Å². The summed E-state index contributed by atoms with van der Waals surface area (Å²) in [6.45, 7) is 4.37. The monoisotopic (exact) mass is 314 g/mol. The molecule has 0 amide bonds. The van der Waals surface area contributed by atoms with Crippen LogP contribution in [0.3, 0.4) is 0 Å². The molecule has 2 aromatic rings. The van der Waals surface area contributed by atoms with Gasteiger partial charge in [0.2, 0.25) is 0 Å². The Morgan fingerprint density at radius 3 is 2.74 bits per heavy atom. The van der Waals surface area contributed by atoms with Crippen molar-refractivity contribution in [2.75, 3.05) is 12.3 Å². The zero-order valence-electron chi connectivity index (χ0n) is 13.6. The average Bonchev–Trinajstić information content (AvgIpc) is 2.44. The standard InChI is InChI=1S/C18H22N2O3/c1-3-12-7-8-13-15(17(12)23-9-11-5-4-6-11)16(19)14(18(21)22)10(2)20-13/h7-8,11H,3-6,9H2,1-2H3,(H2,19,20)(H,21,22). The summed E-state index contributed by atoms with van der Waals surface area (Å²) in [4.78, 5) is 15.9. The second kappa shape index (κ2) is 6.07. The number of ether oxygens (including phenoxy) is 1. The maximum atomic E-state index is 11.5. The van der Waals surface area contributed by atoms with Crippen molar-refractivity contribution in [2.45, 2.75) is 39.5 Å². The number of hydrogen-bond acceptors (Lipinski definition) is 4. The predicted octanol–water partition coefficient (Wildman–Crippen LogP) is 3.56. The lowest BCUT2D eigenvalue weighted by molar-refractivity contribution is 0.0697.